The minimum absolute atomic E-state index is 0.0398. The summed E-state index contributed by atoms with van der Waals surface area (Å²) >= 11 is 0. The second-order valence-electron chi connectivity index (χ2n) is 8.67. The van der Waals surface area contributed by atoms with Crippen LogP contribution in [0, 0.1) is 5.92 Å². The van der Waals surface area contributed by atoms with E-state index >= 15 is 0 Å². The predicted octanol–water partition coefficient (Wildman–Crippen LogP) is 2.54. The van der Waals surface area contributed by atoms with Crippen LogP contribution in [-0.4, -0.2) is 46.5 Å². The summed E-state index contributed by atoms with van der Waals surface area (Å²) in [5.41, 5.74) is 2.29. The molecule has 2 saturated carbocycles. The first-order chi connectivity index (χ1) is 14.0. The number of hydrogen-bond acceptors (Lipinski definition) is 3. The molecule has 29 heavy (non-hydrogen) atoms. The highest BCUT2D eigenvalue weighted by molar-refractivity contribution is 5.99. The lowest BCUT2D eigenvalue weighted by atomic mass is 9.95. The lowest BCUT2D eigenvalue weighted by Crippen LogP contribution is -2.36. The van der Waals surface area contributed by atoms with Gasteiger partial charge in [-0.1, -0.05) is 19.3 Å². The number of aromatic nitrogens is 2. The number of amides is 2. The van der Waals surface area contributed by atoms with Gasteiger partial charge in [-0.15, -0.1) is 0 Å². The van der Waals surface area contributed by atoms with Crippen LogP contribution in [0.25, 0.3) is 11.0 Å². The minimum atomic E-state index is -0.294. The fourth-order valence-corrected chi connectivity index (χ4v) is 4.26. The molecule has 1 aromatic carbocycles. The zero-order valence-electron chi connectivity index (χ0n) is 17.3. The molecule has 0 saturated heterocycles. The molecule has 1 N–H and O–H groups in total. The molecule has 0 radical (unpaired) electrons. The van der Waals surface area contributed by atoms with Gasteiger partial charge in [0.1, 0.15) is 0 Å². The highest BCUT2D eigenvalue weighted by Crippen LogP contribution is 2.33. The van der Waals surface area contributed by atoms with Crippen molar-refractivity contribution in [1.82, 2.24) is 19.4 Å². The number of carbonyl (C=O) groups is 2. The van der Waals surface area contributed by atoms with E-state index in [2.05, 4.69) is 5.32 Å². The molecule has 2 aliphatic carbocycles. The molecule has 2 fully saturated rings. The average molecular weight is 399 g/mol. The van der Waals surface area contributed by atoms with Crippen LogP contribution < -0.4 is 11.0 Å². The second-order valence-corrected chi connectivity index (χ2v) is 8.67. The lowest BCUT2D eigenvalue weighted by molar-refractivity contribution is -0.127. The van der Waals surface area contributed by atoms with Gasteiger partial charge in [-0.05, 0) is 49.8 Å². The van der Waals surface area contributed by atoms with Gasteiger partial charge in [0.25, 0.3) is 5.91 Å². The fraction of sp³-hybridized carbons (Fsp3) is 0.591. The van der Waals surface area contributed by atoms with E-state index < -0.39 is 0 Å². The zero-order valence-corrected chi connectivity index (χ0v) is 17.3. The van der Waals surface area contributed by atoms with Crippen LogP contribution in [0.1, 0.15) is 61.3 Å². The van der Waals surface area contributed by atoms with Crippen molar-refractivity contribution >= 4 is 22.8 Å². The summed E-state index contributed by atoms with van der Waals surface area (Å²) in [5.74, 6) is 0.111. The number of rotatable bonds is 6. The Kier molecular flexibility index (Phi) is 5.48. The van der Waals surface area contributed by atoms with Crippen LogP contribution >= 0.6 is 0 Å². The molecule has 0 unspecified atom stereocenters. The minimum Gasteiger partial charge on any atom is -0.347 e. The van der Waals surface area contributed by atoms with Gasteiger partial charge in [-0.25, -0.2) is 4.79 Å². The van der Waals surface area contributed by atoms with Gasteiger partial charge in [-0.3, -0.25) is 18.7 Å². The Bertz CT molecular complexity index is 978. The Morgan fingerprint density at radius 1 is 1.07 bits per heavy atom. The maximum absolute atomic E-state index is 13.3. The standard InChI is InChI=1S/C22H30N4O3/c1-24(2)20(27)13-23-21(28)16-10-11-18-19(12-16)25(14-15-8-9-15)22(29)26(18)17-6-4-3-5-7-17/h10-12,15,17H,3-9,13-14H2,1-2H3,(H,23,28). The summed E-state index contributed by atoms with van der Waals surface area (Å²) in [7, 11) is 3.32. The van der Waals surface area contributed by atoms with Crippen molar-refractivity contribution in [3.05, 3.63) is 34.2 Å². The van der Waals surface area contributed by atoms with Crippen molar-refractivity contribution in [3.63, 3.8) is 0 Å². The Hall–Kier alpha value is -2.57. The smallest absolute Gasteiger partial charge is 0.329 e. The van der Waals surface area contributed by atoms with Gasteiger partial charge < -0.3 is 10.2 Å². The van der Waals surface area contributed by atoms with Crippen LogP contribution in [0.5, 0.6) is 0 Å². The molecule has 0 bridgehead atoms. The van der Waals surface area contributed by atoms with Gasteiger partial charge in [0, 0.05) is 32.2 Å². The number of nitrogens with zero attached hydrogens (tertiary/aromatic N) is 3. The SMILES string of the molecule is CN(C)C(=O)CNC(=O)c1ccc2c(c1)n(CC1CC1)c(=O)n2C1CCCCC1. The molecule has 0 aliphatic heterocycles. The summed E-state index contributed by atoms with van der Waals surface area (Å²) in [6.07, 6.45) is 7.96. The molecule has 7 heteroatoms. The van der Waals surface area contributed by atoms with Crippen molar-refractivity contribution in [2.45, 2.75) is 57.5 Å². The molecule has 7 nitrogen and oxygen atoms in total. The van der Waals surface area contributed by atoms with Crippen LogP contribution in [0.3, 0.4) is 0 Å². The lowest BCUT2D eigenvalue weighted by Gasteiger charge is -2.23. The second kappa shape index (κ2) is 8.05. The third-order valence-corrected chi connectivity index (χ3v) is 6.20. The van der Waals surface area contributed by atoms with E-state index in [0.29, 0.717) is 11.5 Å². The van der Waals surface area contributed by atoms with Gasteiger partial charge >= 0.3 is 5.69 Å². The number of imidazole rings is 1. The van der Waals surface area contributed by atoms with Gasteiger partial charge in [-0.2, -0.15) is 0 Å². The Morgan fingerprint density at radius 2 is 1.79 bits per heavy atom. The normalized spacial score (nSPS) is 17.4. The molecule has 1 heterocycles. The molecule has 0 atom stereocenters. The number of fused-ring (bicyclic) bond motifs is 1. The quantitative estimate of drug-likeness (QED) is 0.812. The Balaban J connectivity index is 1.68. The van der Waals surface area contributed by atoms with E-state index in [-0.39, 0.29) is 30.1 Å². The van der Waals surface area contributed by atoms with Gasteiger partial charge in [0.05, 0.1) is 17.6 Å². The van der Waals surface area contributed by atoms with Crippen LogP contribution in [0.4, 0.5) is 0 Å². The number of benzene rings is 1. The topological polar surface area (TPSA) is 76.3 Å². The van der Waals surface area contributed by atoms with Crippen LogP contribution in [0.15, 0.2) is 23.0 Å². The van der Waals surface area contributed by atoms with Gasteiger partial charge in [0.15, 0.2) is 0 Å². The van der Waals surface area contributed by atoms with Crippen molar-refractivity contribution in [1.29, 1.82) is 0 Å². The first-order valence-electron chi connectivity index (χ1n) is 10.7. The average Bonchev–Trinajstić information content (AvgIpc) is 3.50. The maximum Gasteiger partial charge on any atom is 0.329 e. The van der Waals surface area contributed by atoms with Crippen molar-refractivity contribution < 1.29 is 9.59 Å². The maximum atomic E-state index is 13.3. The first-order valence-corrected chi connectivity index (χ1v) is 10.7. The molecule has 2 aromatic rings. The molecule has 0 spiro atoms. The predicted molar refractivity (Wildman–Crippen MR) is 112 cm³/mol. The van der Waals surface area contributed by atoms with E-state index in [1.807, 2.05) is 21.3 Å². The highest BCUT2D eigenvalue weighted by Gasteiger charge is 2.27. The third-order valence-electron chi connectivity index (χ3n) is 6.20. The van der Waals surface area contributed by atoms with Crippen molar-refractivity contribution in [3.8, 4) is 0 Å². The third kappa shape index (κ3) is 4.09. The zero-order chi connectivity index (χ0) is 20.5. The summed E-state index contributed by atoms with van der Waals surface area (Å²) in [6.45, 7) is 0.682. The molecular weight excluding hydrogens is 368 g/mol. The summed E-state index contributed by atoms with van der Waals surface area (Å²) in [5, 5.41) is 2.68. The van der Waals surface area contributed by atoms with E-state index in [1.54, 1.807) is 20.2 Å². The molecule has 2 amide bonds. The molecular formula is C22H30N4O3. The van der Waals surface area contributed by atoms with Crippen LogP contribution in [-0.2, 0) is 11.3 Å². The van der Waals surface area contributed by atoms with Crippen molar-refractivity contribution in [2.75, 3.05) is 20.6 Å². The number of nitrogens with one attached hydrogen (secondary N) is 1. The van der Waals surface area contributed by atoms with E-state index in [0.717, 1.165) is 56.1 Å². The summed E-state index contributed by atoms with van der Waals surface area (Å²) in [6, 6.07) is 5.72. The number of carbonyl (C=O) groups excluding carboxylic acids is 2. The molecule has 156 valence electrons. The van der Waals surface area contributed by atoms with Crippen LogP contribution in [0.2, 0.25) is 0 Å². The summed E-state index contributed by atoms with van der Waals surface area (Å²) in [4.78, 5) is 39.1. The Morgan fingerprint density at radius 3 is 2.45 bits per heavy atom. The fourth-order valence-electron chi connectivity index (χ4n) is 4.26. The largest absolute Gasteiger partial charge is 0.347 e. The summed E-state index contributed by atoms with van der Waals surface area (Å²) < 4.78 is 3.83. The molecule has 1 aromatic heterocycles. The van der Waals surface area contributed by atoms with E-state index in [9.17, 15) is 14.4 Å². The highest BCUT2D eigenvalue weighted by atomic mass is 16.2. The molecule has 2 aliphatic rings. The van der Waals surface area contributed by atoms with E-state index in [1.165, 1.54) is 11.3 Å². The number of hydrogen-bond donors (Lipinski definition) is 1. The van der Waals surface area contributed by atoms with Gasteiger partial charge in [0.2, 0.25) is 5.91 Å². The Labute approximate surface area is 170 Å². The van der Waals surface area contributed by atoms with Crippen molar-refractivity contribution in [2.24, 2.45) is 5.92 Å². The first kappa shape index (κ1) is 19.7. The monoisotopic (exact) mass is 398 g/mol. The number of likely N-dealkylation sites (N-methyl/N-ethyl adjacent to an activating group) is 1. The molecule has 4 rings (SSSR count). The van der Waals surface area contributed by atoms with E-state index in [4.69, 9.17) is 0 Å².